The maximum absolute atomic E-state index is 11.0. The summed E-state index contributed by atoms with van der Waals surface area (Å²) in [5, 5.41) is 8.93. The lowest BCUT2D eigenvalue weighted by Gasteiger charge is -2.01. The molecule has 1 aromatic rings. The Kier molecular flexibility index (Phi) is 3.07. The fourth-order valence-corrected chi connectivity index (χ4v) is 1.73. The number of hydrogen-bond acceptors (Lipinski definition) is 2. The molecule has 0 aromatic heterocycles. The minimum atomic E-state index is -0.0849. The third kappa shape index (κ3) is 2.09. The number of nitriles is 1. The second-order valence-electron chi connectivity index (χ2n) is 2.48. The van der Waals surface area contributed by atoms with Gasteiger partial charge in [0.05, 0.1) is 10.6 Å². The summed E-state index contributed by atoms with van der Waals surface area (Å²) in [7, 11) is 0. The van der Waals surface area contributed by atoms with Crippen molar-refractivity contribution in [2.75, 3.05) is 0 Å². The molecular weight excluding hydrogens is 253 g/mol. The Morgan fingerprint density at radius 1 is 1.62 bits per heavy atom. The molecule has 0 spiro atoms. The van der Waals surface area contributed by atoms with Gasteiger partial charge in [0.2, 0.25) is 0 Å². The molecule has 0 saturated heterocycles. The van der Waals surface area contributed by atoms with Crippen molar-refractivity contribution in [2.24, 2.45) is 0 Å². The molecule has 0 radical (unpaired) electrons. The van der Waals surface area contributed by atoms with Crippen LogP contribution in [-0.4, -0.2) is 5.78 Å². The van der Waals surface area contributed by atoms with E-state index in [-0.39, 0.29) is 5.78 Å². The van der Waals surface area contributed by atoms with E-state index in [9.17, 15) is 4.79 Å². The number of hydrogen-bond donors (Lipinski definition) is 0. The van der Waals surface area contributed by atoms with Crippen LogP contribution in [0.2, 0.25) is 5.02 Å². The van der Waals surface area contributed by atoms with Gasteiger partial charge in [0.1, 0.15) is 6.07 Å². The van der Waals surface area contributed by atoms with Gasteiger partial charge in [-0.05, 0) is 35.0 Å². The highest BCUT2D eigenvalue weighted by atomic mass is 79.9. The fourth-order valence-electron chi connectivity index (χ4n) is 0.902. The Morgan fingerprint density at radius 2 is 2.23 bits per heavy atom. The van der Waals surface area contributed by atoms with Gasteiger partial charge < -0.3 is 0 Å². The molecule has 0 unspecified atom stereocenters. The van der Waals surface area contributed by atoms with E-state index in [0.717, 1.165) is 0 Å². The van der Waals surface area contributed by atoms with Gasteiger partial charge in [0.25, 0.3) is 0 Å². The molecular formula is C9H5BrClNO. The van der Waals surface area contributed by atoms with Crippen molar-refractivity contribution in [3.63, 3.8) is 0 Å². The minimum absolute atomic E-state index is 0.0849. The Bertz CT molecular complexity index is 409. The van der Waals surface area contributed by atoms with Crippen LogP contribution in [0.3, 0.4) is 0 Å². The molecule has 13 heavy (non-hydrogen) atoms. The largest absolute Gasteiger partial charge is 0.294 e. The van der Waals surface area contributed by atoms with Crippen molar-refractivity contribution < 1.29 is 4.79 Å². The predicted molar refractivity (Wildman–Crippen MR) is 53.9 cm³/mol. The van der Waals surface area contributed by atoms with E-state index in [2.05, 4.69) is 15.9 Å². The van der Waals surface area contributed by atoms with E-state index in [1.54, 1.807) is 6.07 Å². The van der Waals surface area contributed by atoms with E-state index < -0.39 is 0 Å². The SMILES string of the molecule is CC(=O)c1cc(Cl)c(C#N)cc1Br. The number of nitrogens with zero attached hydrogens (tertiary/aromatic N) is 1. The van der Waals surface area contributed by atoms with Crippen LogP contribution in [0.25, 0.3) is 0 Å². The van der Waals surface area contributed by atoms with Crippen molar-refractivity contribution in [1.29, 1.82) is 5.26 Å². The van der Waals surface area contributed by atoms with Crippen molar-refractivity contribution in [3.05, 3.63) is 32.8 Å². The van der Waals surface area contributed by atoms with Crippen LogP contribution in [0.1, 0.15) is 22.8 Å². The zero-order chi connectivity index (χ0) is 10.0. The molecule has 0 bridgehead atoms. The number of carbonyl (C=O) groups excluding carboxylic acids is 1. The summed E-state index contributed by atoms with van der Waals surface area (Å²) in [6.45, 7) is 1.45. The highest BCUT2D eigenvalue weighted by Crippen LogP contribution is 2.25. The van der Waals surface area contributed by atoms with Crippen molar-refractivity contribution in [2.45, 2.75) is 6.92 Å². The first-order valence-electron chi connectivity index (χ1n) is 3.46. The number of rotatable bonds is 1. The zero-order valence-corrected chi connectivity index (χ0v) is 9.11. The Hall–Kier alpha value is -0.850. The standard InChI is InChI=1S/C9H5BrClNO/c1-5(13)7-3-9(11)6(4-12)2-8(7)10/h2-3H,1H3. The van der Waals surface area contributed by atoms with Crippen LogP contribution in [-0.2, 0) is 0 Å². The molecule has 1 rings (SSSR count). The van der Waals surface area contributed by atoms with Gasteiger partial charge >= 0.3 is 0 Å². The topological polar surface area (TPSA) is 40.9 Å². The lowest BCUT2D eigenvalue weighted by Crippen LogP contribution is -1.94. The van der Waals surface area contributed by atoms with E-state index in [1.165, 1.54) is 13.0 Å². The Morgan fingerprint density at radius 3 is 2.69 bits per heavy atom. The number of Topliss-reactive ketones (excluding diaryl/α,β-unsaturated/α-hetero) is 1. The fraction of sp³-hybridized carbons (Fsp3) is 0.111. The van der Waals surface area contributed by atoms with Crippen molar-refractivity contribution in [1.82, 2.24) is 0 Å². The Labute approximate surface area is 89.3 Å². The van der Waals surface area contributed by atoms with E-state index in [0.29, 0.717) is 20.6 Å². The van der Waals surface area contributed by atoms with Gasteiger partial charge in [-0.25, -0.2) is 0 Å². The molecule has 4 heteroatoms. The third-order valence-corrected chi connectivity index (χ3v) is 2.53. The number of benzene rings is 1. The van der Waals surface area contributed by atoms with E-state index in [1.807, 2.05) is 6.07 Å². The summed E-state index contributed by atoms with van der Waals surface area (Å²) in [4.78, 5) is 11.0. The summed E-state index contributed by atoms with van der Waals surface area (Å²) in [5.41, 5.74) is 0.850. The van der Waals surface area contributed by atoms with Crippen molar-refractivity contribution >= 4 is 33.3 Å². The van der Waals surface area contributed by atoms with Crippen LogP contribution in [0.4, 0.5) is 0 Å². The first-order valence-corrected chi connectivity index (χ1v) is 4.63. The zero-order valence-electron chi connectivity index (χ0n) is 6.77. The molecule has 0 fully saturated rings. The van der Waals surface area contributed by atoms with Gasteiger partial charge in [0, 0.05) is 10.0 Å². The molecule has 0 N–H and O–H groups in total. The van der Waals surface area contributed by atoms with Gasteiger partial charge in [-0.15, -0.1) is 0 Å². The van der Waals surface area contributed by atoms with Crippen LogP contribution in [0, 0.1) is 11.3 Å². The molecule has 0 atom stereocenters. The van der Waals surface area contributed by atoms with Gasteiger partial charge in [-0.3, -0.25) is 4.79 Å². The molecule has 0 aliphatic carbocycles. The molecule has 0 saturated carbocycles. The number of ketones is 1. The average molecular weight is 259 g/mol. The second kappa shape index (κ2) is 3.91. The molecule has 0 aliphatic heterocycles. The maximum Gasteiger partial charge on any atom is 0.160 e. The quantitative estimate of drug-likeness (QED) is 0.726. The first-order chi connectivity index (χ1) is 6.06. The first kappa shape index (κ1) is 10.2. The van der Waals surface area contributed by atoms with Crippen LogP contribution < -0.4 is 0 Å². The summed E-state index contributed by atoms with van der Waals surface area (Å²) < 4.78 is 0.598. The average Bonchev–Trinajstić information content (AvgIpc) is 2.07. The molecule has 0 aliphatic rings. The van der Waals surface area contributed by atoms with Crippen LogP contribution in [0.5, 0.6) is 0 Å². The Balaban J connectivity index is 3.39. The summed E-state index contributed by atoms with van der Waals surface area (Å²) in [6.07, 6.45) is 0. The number of carbonyl (C=O) groups is 1. The molecule has 66 valence electrons. The van der Waals surface area contributed by atoms with Crippen LogP contribution in [0.15, 0.2) is 16.6 Å². The molecule has 1 aromatic carbocycles. The van der Waals surface area contributed by atoms with Crippen molar-refractivity contribution in [3.8, 4) is 6.07 Å². The summed E-state index contributed by atoms with van der Waals surface area (Å²) in [5.74, 6) is -0.0849. The van der Waals surface area contributed by atoms with Gasteiger partial charge in [0.15, 0.2) is 5.78 Å². The smallest absolute Gasteiger partial charge is 0.160 e. The monoisotopic (exact) mass is 257 g/mol. The lowest BCUT2D eigenvalue weighted by atomic mass is 10.1. The highest BCUT2D eigenvalue weighted by Gasteiger charge is 2.09. The summed E-state index contributed by atoms with van der Waals surface area (Å²) in [6, 6.07) is 4.96. The predicted octanol–water partition coefficient (Wildman–Crippen LogP) is 3.18. The highest BCUT2D eigenvalue weighted by molar-refractivity contribution is 9.10. The normalized spacial score (nSPS) is 9.38. The minimum Gasteiger partial charge on any atom is -0.294 e. The third-order valence-electron chi connectivity index (χ3n) is 1.56. The summed E-state index contributed by atoms with van der Waals surface area (Å²) >= 11 is 8.94. The van der Waals surface area contributed by atoms with Crippen LogP contribution >= 0.6 is 27.5 Å². The second-order valence-corrected chi connectivity index (χ2v) is 3.74. The molecule has 2 nitrogen and oxygen atoms in total. The van der Waals surface area contributed by atoms with E-state index in [4.69, 9.17) is 16.9 Å². The van der Waals surface area contributed by atoms with Gasteiger partial charge in [-0.1, -0.05) is 11.6 Å². The number of halogens is 2. The maximum atomic E-state index is 11.0. The van der Waals surface area contributed by atoms with E-state index >= 15 is 0 Å². The molecule has 0 heterocycles. The lowest BCUT2D eigenvalue weighted by molar-refractivity contribution is 0.101. The van der Waals surface area contributed by atoms with Gasteiger partial charge in [-0.2, -0.15) is 5.26 Å². The molecule has 0 amide bonds.